The lowest BCUT2D eigenvalue weighted by Gasteiger charge is -1.93. The Bertz CT molecular complexity index is 739. The number of H-pyrrole nitrogens is 1. The number of rotatable bonds is 1. The van der Waals surface area contributed by atoms with E-state index in [9.17, 15) is 4.79 Å². The molecule has 0 atom stereocenters. The van der Waals surface area contributed by atoms with Crippen LogP contribution in [0.25, 0.3) is 21.3 Å². The van der Waals surface area contributed by atoms with Crippen LogP contribution in [-0.4, -0.2) is 26.0 Å². The third-order valence-corrected chi connectivity index (χ3v) is 4.56. The van der Waals surface area contributed by atoms with Gasteiger partial charge in [0, 0.05) is 12.4 Å². The topological polar surface area (TPSA) is 63.6 Å². The van der Waals surface area contributed by atoms with E-state index in [1.807, 2.05) is 17.9 Å². The maximum Gasteiger partial charge on any atom is 0.288 e. The summed E-state index contributed by atoms with van der Waals surface area (Å²) in [5, 5.41) is 7.15. The van der Waals surface area contributed by atoms with Crippen LogP contribution in [0.5, 0.6) is 0 Å². The summed E-state index contributed by atoms with van der Waals surface area (Å²) in [7, 11) is 1.85. The summed E-state index contributed by atoms with van der Waals surface area (Å²) >= 11 is 3.20. The summed E-state index contributed by atoms with van der Waals surface area (Å²) in [5.74, 6) is 0. The first kappa shape index (κ1) is 9.86. The smallest absolute Gasteiger partial charge is 0.288 e. The van der Waals surface area contributed by atoms with Gasteiger partial charge in [0.25, 0.3) is 5.56 Å². The Labute approximate surface area is 98.5 Å². The molecule has 0 bridgehead atoms. The molecule has 16 heavy (non-hydrogen) atoms. The van der Waals surface area contributed by atoms with Gasteiger partial charge in [0.1, 0.15) is 5.52 Å². The summed E-state index contributed by atoms with van der Waals surface area (Å²) < 4.78 is 3.85. The van der Waals surface area contributed by atoms with E-state index in [1.165, 1.54) is 0 Å². The van der Waals surface area contributed by atoms with Crippen LogP contribution in [-0.2, 0) is 7.05 Å². The summed E-state index contributed by atoms with van der Waals surface area (Å²) in [6, 6.07) is 0. The third-order valence-electron chi connectivity index (χ3n) is 2.49. The zero-order valence-corrected chi connectivity index (χ0v) is 10.3. The molecule has 0 spiro atoms. The number of thioether (sulfide) groups is 1. The lowest BCUT2D eigenvalue weighted by Crippen LogP contribution is -2.10. The molecule has 7 heteroatoms. The molecule has 0 aliphatic heterocycles. The first-order valence-corrected chi connectivity index (χ1v) is 6.63. The SMILES string of the molecule is CSc1nc2c(s1)c1cn[nH]c(=O)c1n2C. The molecule has 0 unspecified atom stereocenters. The summed E-state index contributed by atoms with van der Waals surface area (Å²) in [4.78, 5) is 16.1. The Kier molecular flexibility index (Phi) is 2.05. The normalized spacial score (nSPS) is 11.6. The molecule has 3 rings (SSSR count). The lowest BCUT2D eigenvalue weighted by molar-refractivity contribution is 0.944. The van der Waals surface area contributed by atoms with Gasteiger partial charge in [-0.05, 0) is 6.26 Å². The van der Waals surface area contributed by atoms with Crippen LogP contribution in [0.15, 0.2) is 15.3 Å². The number of fused-ring (bicyclic) bond motifs is 3. The predicted octanol–water partition coefficient (Wildman–Crippen LogP) is 1.59. The second-order valence-corrected chi connectivity index (χ2v) is 5.41. The molecule has 0 aliphatic rings. The molecule has 0 aliphatic carbocycles. The van der Waals surface area contributed by atoms with Crippen molar-refractivity contribution in [3.63, 3.8) is 0 Å². The first-order valence-electron chi connectivity index (χ1n) is 4.59. The van der Waals surface area contributed by atoms with Gasteiger partial charge in [-0.1, -0.05) is 11.8 Å². The molecule has 0 fully saturated rings. The van der Waals surface area contributed by atoms with Gasteiger partial charge in [-0.15, -0.1) is 11.3 Å². The Morgan fingerprint density at radius 3 is 3.12 bits per heavy atom. The lowest BCUT2D eigenvalue weighted by atomic mass is 10.4. The predicted molar refractivity (Wildman–Crippen MR) is 66.3 cm³/mol. The summed E-state index contributed by atoms with van der Waals surface area (Å²) in [6.07, 6.45) is 3.67. The highest BCUT2D eigenvalue weighted by atomic mass is 32.2. The minimum Gasteiger partial charge on any atom is -0.323 e. The van der Waals surface area contributed by atoms with Gasteiger partial charge in [-0.25, -0.2) is 10.1 Å². The van der Waals surface area contributed by atoms with Crippen molar-refractivity contribution in [1.82, 2.24) is 19.7 Å². The van der Waals surface area contributed by atoms with Gasteiger partial charge in [0.2, 0.25) is 0 Å². The number of thiazole rings is 1. The number of hydrogen-bond donors (Lipinski definition) is 1. The van der Waals surface area contributed by atoms with Crippen molar-refractivity contribution in [1.29, 1.82) is 0 Å². The quantitative estimate of drug-likeness (QED) is 0.668. The molecule has 3 heterocycles. The van der Waals surface area contributed by atoms with Crippen LogP contribution in [0.3, 0.4) is 0 Å². The highest BCUT2D eigenvalue weighted by Gasteiger charge is 2.15. The molecule has 0 saturated carbocycles. The fourth-order valence-corrected chi connectivity index (χ4v) is 3.38. The second kappa shape index (κ2) is 3.33. The van der Waals surface area contributed by atoms with Crippen molar-refractivity contribution in [3.05, 3.63) is 16.6 Å². The van der Waals surface area contributed by atoms with E-state index in [0.717, 1.165) is 20.1 Å². The maximum absolute atomic E-state index is 11.7. The Morgan fingerprint density at radius 2 is 2.38 bits per heavy atom. The van der Waals surface area contributed by atoms with E-state index in [4.69, 9.17) is 0 Å². The van der Waals surface area contributed by atoms with E-state index < -0.39 is 0 Å². The van der Waals surface area contributed by atoms with Crippen molar-refractivity contribution in [2.75, 3.05) is 6.26 Å². The van der Waals surface area contributed by atoms with Gasteiger partial charge >= 0.3 is 0 Å². The number of aromatic amines is 1. The van der Waals surface area contributed by atoms with Crippen LogP contribution in [0, 0.1) is 0 Å². The van der Waals surface area contributed by atoms with Crippen LogP contribution >= 0.6 is 23.1 Å². The van der Waals surface area contributed by atoms with E-state index in [2.05, 4.69) is 15.2 Å². The number of nitrogens with one attached hydrogen (secondary N) is 1. The fraction of sp³-hybridized carbons (Fsp3) is 0.222. The summed E-state index contributed by atoms with van der Waals surface area (Å²) in [5.41, 5.74) is 1.31. The largest absolute Gasteiger partial charge is 0.323 e. The average molecular weight is 252 g/mol. The van der Waals surface area contributed by atoms with Gasteiger partial charge in [-0.2, -0.15) is 5.10 Å². The highest BCUT2D eigenvalue weighted by molar-refractivity contribution is 8.00. The number of nitrogens with zero attached hydrogens (tertiary/aromatic N) is 3. The molecule has 3 aromatic heterocycles. The zero-order chi connectivity index (χ0) is 11.3. The van der Waals surface area contributed by atoms with Crippen LogP contribution in [0.1, 0.15) is 0 Å². The van der Waals surface area contributed by atoms with Crippen molar-refractivity contribution < 1.29 is 0 Å². The van der Waals surface area contributed by atoms with Crippen LogP contribution in [0.4, 0.5) is 0 Å². The number of hydrogen-bond acceptors (Lipinski definition) is 5. The molecule has 1 N–H and O–H groups in total. The summed E-state index contributed by atoms with van der Waals surface area (Å²) in [6.45, 7) is 0. The standard InChI is InChI=1S/C9H8N4OS2/c1-13-5-4(3-10-12-8(5)14)6-7(13)11-9(15-2)16-6/h3H,1-2H3,(H,12,14). The number of aryl methyl sites for hydroxylation is 1. The Balaban J connectivity index is 2.58. The van der Waals surface area contributed by atoms with E-state index in [-0.39, 0.29) is 5.56 Å². The van der Waals surface area contributed by atoms with Crippen molar-refractivity contribution in [2.45, 2.75) is 4.34 Å². The fourth-order valence-electron chi connectivity index (χ4n) is 1.78. The second-order valence-electron chi connectivity index (χ2n) is 3.36. The molecule has 0 aromatic carbocycles. The highest BCUT2D eigenvalue weighted by Crippen LogP contribution is 2.33. The van der Waals surface area contributed by atoms with Gasteiger partial charge in [0.05, 0.1) is 10.9 Å². The van der Waals surface area contributed by atoms with E-state index in [1.54, 1.807) is 29.3 Å². The molecule has 5 nitrogen and oxygen atoms in total. The Hall–Kier alpha value is -1.34. The van der Waals surface area contributed by atoms with E-state index in [0.29, 0.717) is 5.52 Å². The zero-order valence-electron chi connectivity index (χ0n) is 8.64. The van der Waals surface area contributed by atoms with Crippen molar-refractivity contribution >= 4 is 44.3 Å². The first-order chi connectivity index (χ1) is 7.72. The van der Waals surface area contributed by atoms with Gasteiger partial charge in [0.15, 0.2) is 9.99 Å². The molecule has 0 radical (unpaired) electrons. The van der Waals surface area contributed by atoms with Crippen molar-refractivity contribution in [2.24, 2.45) is 7.05 Å². The average Bonchev–Trinajstić information content (AvgIpc) is 2.80. The van der Waals surface area contributed by atoms with Crippen LogP contribution < -0.4 is 5.56 Å². The molecule has 0 saturated heterocycles. The minimum absolute atomic E-state index is 0.170. The third kappa shape index (κ3) is 1.15. The van der Waals surface area contributed by atoms with Gasteiger partial charge in [-0.3, -0.25) is 4.79 Å². The molecular formula is C9H8N4OS2. The monoisotopic (exact) mass is 252 g/mol. The Morgan fingerprint density at radius 1 is 1.56 bits per heavy atom. The molecule has 82 valence electrons. The van der Waals surface area contributed by atoms with Crippen LogP contribution in [0.2, 0.25) is 0 Å². The molecule has 0 amide bonds. The van der Waals surface area contributed by atoms with Crippen molar-refractivity contribution in [3.8, 4) is 0 Å². The number of aromatic nitrogens is 4. The minimum atomic E-state index is -0.170. The molecule has 3 aromatic rings. The maximum atomic E-state index is 11.7. The van der Waals surface area contributed by atoms with E-state index >= 15 is 0 Å². The van der Waals surface area contributed by atoms with Gasteiger partial charge < -0.3 is 4.57 Å². The molecular weight excluding hydrogens is 244 g/mol.